The van der Waals surface area contributed by atoms with Gasteiger partial charge in [0.15, 0.2) is 0 Å². The van der Waals surface area contributed by atoms with Gasteiger partial charge in [0.1, 0.15) is 19.0 Å². The summed E-state index contributed by atoms with van der Waals surface area (Å²) in [4.78, 5) is 0.0964. The zero-order valence-electron chi connectivity index (χ0n) is 17.6. The van der Waals surface area contributed by atoms with Gasteiger partial charge < -0.3 is 14.5 Å². The topological polar surface area (TPSA) is 52.2 Å². The second kappa shape index (κ2) is 9.50. The molecule has 4 aromatic rings. The number of nitrogens with zero attached hydrogens (tertiary/aromatic N) is 2. The molecular formula is C24H20F3N3O2S. The Hall–Kier alpha value is -3.59. The van der Waals surface area contributed by atoms with Crippen LogP contribution in [0.15, 0.2) is 77.2 Å². The summed E-state index contributed by atoms with van der Waals surface area (Å²) in [5, 5.41) is 7.30. The first kappa shape index (κ1) is 22.6. The smallest absolute Gasteiger partial charge is 0.416 e. The van der Waals surface area contributed by atoms with E-state index in [0.29, 0.717) is 18.2 Å². The third-order valence-corrected chi connectivity index (χ3v) is 5.25. The number of aromatic nitrogens is 2. The summed E-state index contributed by atoms with van der Waals surface area (Å²) in [6, 6.07) is 20.1. The van der Waals surface area contributed by atoms with E-state index >= 15 is 0 Å². The van der Waals surface area contributed by atoms with Gasteiger partial charge in [-0.2, -0.15) is 13.2 Å². The lowest BCUT2D eigenvalue weighted by molar-refractivity contribution is -0.137. The third-order valence-electron chi connectivity index (χ3n) is 4.95. The molecule has 3 aromatic carbocycles. The van der Waals surface area contributed by atoms with Gasteiger partial charge in [-0.25, -0.2) is 4.68 Å². The minimum absolute atomic E-state index is 0.0471. The number of benzene rings is 3. The van der Waals surface area contributed by atoms with Crippen molar-refractivity contribution >= 4 is 17.9 Å². The molecule has 9 heteroatoms. The van der Waals surface area contributed by atoms with Crippen LogP contribution in [0.3, 0.4) is 0 Å². The van der Waals surface area contributed by atoms with Gasteiger partial charge >= 0.3 is 6.18 Å². The van der Waals surface area contributed by atoms with E-state index < -0.39 is 11.7 Å². The van der Waals surface area contributed by atoms with E-state index in [1.54, 1.807) is 0 Å². The molecule has 0 radical (unpaired) electrons. The van der Waals surface area contributed by atoms with Crippen molar-refractivity contribution < 1.29 is 22.3 Å². The molecule has 0 bridgehead atoms. The Morgan fingerprint density at radius 2 is 1.79 bits per heavy atom. The van der Waals surface area contributed by atoms with E-state index in [1.165, 1.54) is 16.8 Å². The molecular weight excluding hydrogens is 451 g/mol. The van der Waals surface area contributed by atoms with Gasteiger partial charge in [0, 0.05) is 16.8 Å². The number of halogens is 3. The number of para-hydroxylation sites is 1. The highest BCUT2D eigenvalue weighted by molar-refractivity contribution is 7.71. The van der Waals surface area contributed by atoms with Gasteiger partial charge in [-0.05, 0) is 55.0 Å². The number of rotatable bonds is 7. The Labute approximate surface area is 193 Å². The van der Waals surface area contributed by atoms with Crippen LogP contribution in [0.5, 0.6) is 5.75 Å². The number of alkyl halides is 3. The Morgan fingerprint density at radius 3 is 2.58 bits per heavy atom. The zero-order valence-corrected chi connectivity index (χ0v) is 18.4. The summed E-state index contributed by atoms with van der Waals surface area (Å²) in [5.41, 5.74) is 2.16. The van der Waals surface area contributed by atoms with Crippen molar-refractivity contribution in [2.24, 2.45) is 0 Å². The third kappa shape index (κ3) is 5.43. The molecule has 0 saturated carbocycles. The Kier molecular flexibility index (Phi) is 6.50. The number of hydrogen-bond donors (Lipinski definition) is 1. The van der Waals surface area contributed by atoms with E-state index in [2.05, 4.69) is 10.4 Å². The number of ether oxygens (including phenoxy) is 1. The van der Waals surface area contributed by atoms with Crippen LogP contribution in [0, 0.1) is 11.8 Å². The van der Waals surface area contributed by atoms with Crippen molar-refractivity contribution in [2.45, 2.75) is 26.4 Å². The van der Waals surface area contributed by atoms with Crippen molar-refractivity contribution in [1.82, 2.24) is 9.78 Å². The largest absolute Gasteiger partial charge is 0.489 e. The Balaban J connectivity index is 1.51. The second-order valence-electron chi connectivity index (χ2n) is 7.30. The summed E-state index contributed by atoms with van der Waals surface area (Å²) in [6.07, 6.45) is -4.42. The predicted molar refractivity (Wildman–Crippen MR) is 121 cm³/mol. The van der Waals surface area contributed by atoms with Crippen molar-refractivity contribution in [3.05, 3.63) is 94.3 Å². The fraction of sp³-hybridized carbons (Fsp3) is 0.167. The first-order valence-electron chi connectivity index (χ1n) is 10.1. The maximum atomic E-state index is 12.9. The molecule has 0 unspecified atom stereocenters. The summed E-state index contributed by atoms with van der Waals surface area (Å²) >= 11 is 5.26. The van der Waals surface area contributed by atoms with Crippen molar-refractivity contribution in [3.63, 3.8) is 0 Å². The molecule has 33 heavy (non-hydrogen) atoms. The van der Waals surface area contributed by atoms with Gasteiger partial charge in [-0.3, -0.25) is 0 Å². The minimum atomic E-state index is -4.42. The van der Waals surface area contributed by atoms with E-state index in [4.69, 9.17) is 21.4 Å². The molecule has 0 atom stereocenters. The number of hydrogen-bond acceptors (Lipinski definition) is 5. The second-order valence-corrected chi connectivity index (χ2v) is 7.65. The molecule has 1 heterocycles. The molecule has 5 nitrogen and oxygen atoms in total. The molecule has 0 spiro atoms. The molecule has 4 rings (SSSR count). The lowest BCUT2D eigenvalue weighted by atomic mass is 10.1. The van der Waals surface area contributed by atoms with Crippen LogP contribution in [0.25, 0.3) is 11.5 Å². The van der Waals surface area contributed by atoms with Gasteiger partial charge in [0.2, 0.25) is 5.89 Å². The highest BCUT2D eigenvalue weighted by atomic mass is 32.1. The van der Waals surface area contributed by atoms with Crippen LogP contribution in [0.2, 0.25) is 0 Å². The zero-order chi connectivity index (χ0) is 23.4. The molecule has 0 saturated heterocycles. The van der Waals surface area contributed by atoms with Crippen molar-refractivity contribution in [2.75, 3.05) is 5.32 Å². The summed E-state index contributed by atoms with van der Waals surface area (Å²) < 4.78 is 51.8. The Bertz CT molecular complexity index is 1310. The Morgan fingerprint density at radius 1 is 1.03 bits per heavy atom. The summed E-state index contributed by atoms with van der Waals surface area (Å²) in [7, 11) is 0. The quantitative estimate of drug-likeness (QED) is 0.299. The average Bonchev–Trinajstić information content (AvgIpc) is 3.17. The van der Waals surface area contributed by atoms with Crippen molar-refractivity contribution in [1.29, 1.82) is 0 Å². The van der Waals surface area contributed by atoms with Crippen molar-refractivity contribution in [3.8, 4) is 17.2 Å². The van der Waals surface area contributed by atoms with Gasteiger partial charge in [-0.15, -0.1) is 5.10 Å². The average molecular weight is 472 g/mol. The number of nitrogens with one attached hydrogen (secondary N) is 1. The highest BCUT2D eigenvalue weighted by Gasteiger charge is 2.30. The lowest BCUT2D eigenvalue weighted by Crippen LogP contribution is -2.11. The molecule has 1 N–H and O–H groups in total. The maximum Gasteiger partial charge on any atom is 0.416 e. The first-order chi connectivity index (χ1) is 15.8. The standard InChI is InChI=1S/C24H20F3N3O2S/c1-16-7-2-5-12-21(16)31-14-17-8-3-4-11-20(17)22-29-30(23(33)32-22)15-28-19-10-6-9-18(13-19)24(25,26)27/h2-13,28H,14-15H2,1H3. The fourth-order valence-corrected chi connectivity index (χ4v) is 3.40. The van der Waals surface area contributed by atoms with E-state index in [0.717, 1.165) is 34.6 Å². The summed E-state index contributed by atoms with van der Waals surface area (Å²) in [5.74, 6) is 1.08. The molecule has 170 valence electrons. The van der Waals surface area contributed by atoms with Crippen LogP contribution in [-0.2, 0) is 19.5 Å². The molecule has 0 amide bonds. The van der Waals surface area contributed by atoms with E-state index in [9.17, 15) is 13.2 Å². The van der Waals surface area contributed by atoms with Crippen LogP contribution in [0.1, 0.15) is 16.7 Å². The molecule has 0 aliphatic heterocycles. The molecule has 0 aliphatic rings. The van der Waals surface area contributed by atoms with Gasteiger partial charge in [0.25, 0.3) is 4.84 Å². The monoisotopic (exact) mass is 471 g/mol. The number of aryl methyl sites for hydroxylation is 1. The normalized spacial score (nSPS) is 11.4. The minimum Gasteiger partial charge on any atom is -0.489 e. The predicted octanol–water partition coefficient (Wildman–Crippen LogP) is 6.85. The van der Waals surface area contributed by atoms with Crippen LogP contribution < -0.4 is 10.1 Å². The number of anilines is 1. The van der Waals surface area contributed by atoms with Crippen LogP contribution in [0.4, 0.5) is 18.9 Å². The van der Waals surface area contributed by atoms with Crippen LogP contribution in [-0.4, -0.2) is 9.78 Å². The molecule has 0 aliphatic carbocycles. The molecule has 0 fully saturated rings. The van der Waals surface area contributed by atoms with Gasteiger partial charge in [0.05, 0.1) is 5.56 Å². The SMILES string of the molecule is Cc1ccccc1OCc1ccccc1-c1nn(CNc2cccc(C(F)(F)F)c2)c(=S)o1. The van der Waals surface area contributed by atoms with Gasteiger partial charge in [-0.1, -0.05) is 42.5 Å². The fourth-order valence-electron chi connectivity index (χ4n) is 3.22. The first-order valence-corrected chi connectivity index (χ1v) is 10.5. The highest BCUT2D eigenvalue weighted by Crippen LogP contribution is 2.31. The van der Waals surface area contributed by atoms with Crippen LogP contribution >= 0.6 is 12.2 Å². The molecule has 1 aromatic heterocycles. The lowest BCUT2D eigenvalue weighted by Gasteiger charge is -2.11. The van der Waals surface area contributed by atoms with E-state index in [1.807, 2.05) is 55.5 Å². The summed E-state index contributed by atoms with van der Waals surface area (Å²) in [6.45, 7) is 2.32. The maximum absolute atomic E-state index is 12.9. The van der Waals surface area contributed by atoms with E-state index in [-0.39, 0.29) is 11.5 Å².